The standard InChI is InChI=1S/C16H19NS/c1-12-3-4-13(2)16(11-12)18-15-7-5-14(6-8-15)9-10-17/h3-8,11H,9-10,17H2,1-2H3. The second-order valence-corrected chi connectivity index (χ2v) is 5.67. The minimum absolute atomic E-state index is 0.712. The third-order valence-electron chi connectivity index (χ3n) is 2.93. The van der Waals surface area contributed by atoms with Crippen LogP contribution in [0.3, 0.4) is 0 Å². The van der Waals surface area contributed by atoms with Crippen LogP contribution in [0.1, 0.15) is 16.7 Å². The van der Waals surface area contributed by atoms with Gasteiger partial charge in [-0.1, -0.05) is 36.0 Å². The van der Waals surface area contributed by atoms with E-state index in [1.54, 1.807) is 0 Å². The number of hydrogen-bond donors (Lipinski definition) is 1. The van der Waals surface area contributed by atoms with E-state index in [2.05, 4.69) is 56.3 Å². The van der Waals surface area contributed by atoms with Gasteiger partial charge in [0.1, 0.15) is 0 Å². The molecular weight excluding hydrogens is 238 g/mol. The van der Waals surface area contributed by atoms with Crippen molar-refractivity contribution in [1.82, 2.24) is 0 Å². The summed E-state index contributed by atoms with van der Waals surface area (Å²) >= 11 is 1.82. The minimum Gasteiger partial charge on any atom is -0.330 e. The Bertz CT molecular complexity index is 517. The third kappa shape index (κ3) is 3.37. The van der Waals surface area contributed by atoms with Crippen molar-refractivity contribution in [1.29, 1.82) is 0 Å². The first-order chi connectivity index (χ1) is 8.69. The molecule has 0 aliphatic carbocycles. The maximum atomic E-state index is 5.55. The number of hydrogen-bond acceptors (Lipinski definition) is 2. The molecule has 0 aromatic heterocycles. The molecule has 0 unspecified atom stereocenters. The molecule has 2 N–H and O–H groups in total. The molecular formula is C16H19NS. The van der Waals surface area contributed by atoms with Crippen LogP contribution >= 0.6 is 11.8 Å². The maximum absolute atomic E-state index is 5.55. The Hall–Kier alpha value is -1.25. The highest BCUT2D eigenvalue weighted by Gasteiger charge is 2.02. The lowest BCUT2D eigenvalue weighted by molar-refractivity contribution is 0.966. The van der Waals surface area contributed by atoms with E-state index in [0.717, 1.165) is 6.42 Å². The molecule has 0 atom stereocenters. The molecule has 2 heteroatoms. The molecule has 0 heterocycles. The van der Waals surface area contributed by atoms with Crippen LogP contribution in [0.4, 0.5) is 0 Å². The lowest BCUT2D eigenvalue weighted by Crippen LogP contribution is -2.02. The highest BCUT2D eigenvalue weighted by molar-refractivity contribution is 7.99. The molecule has 0 fully saturated rings. The van der Waals surface area contributed by atoms with Crippen molar-refractivity contribution in [2.24, 2.45) is 5.73 Å². The number of aryl methyl sites for hydroxylation is 2. The molecule has 0 saturated carbocycles. The Morgan fingerprint density at radius 1 is 1.00 bits per heavy atom. The van der Waals surface area contributed by atoms with E-state index in [4.69, 9.17) is 5.73 Å². The molecule has 0 saturated heterocycles. The Labute approximate surface area is 113 Å². The van der Waals surface area contributed by atoms with Gasteiger partial charge in [0.05, 0.1) is 0 Å². The molecule has 0 aliphatic rings. The SMILES string of the molecule is Cc1ccc(C)c(Sc2ccc(CCN)cc2)c1. The summed E-state index contributed by atoms with van der Waals surface area (Å²) in [7, 11) is 0. The maximum Gasteiger partial charge on any atom is 0.0154 e. The average Bonchev–Trinajstić information content (AvgIpc) is 2.37. The van der Waals surface area contributed by atoms with Gasteiger partial charge in [-0.05, 0) is 61.7 Å². The Kier molecular flexibility index (Phi) is 4.45. The van der Waals surface area contributed by atoms with E-state index >= 15 is 0 Å². The number of nitrogens with two attached hydrogens (primary N) is 1. The average molecular weight is 257 g/mol. The summed E-state index contributed by atoms with van der Waals surface area (Å²) in [6, 6.07) is 15.3. The lowest BCUT2D eigenvalue weighted by Gasteiger charge is -2.07. The first kappa shape index (κ1) is 13.2. The van der Waals surface area contributed by atoms with Gasteiger partial charge in [-0.2, -0.15) is 0 Å². The molecule has 18 heavy (non-hydrogen) atoms. The van der Waals surface area contributed by atoms with Crippen molar-refractivity contribution in [3.05, 3.63) is 59.2 Å². The highest BCUT2D eigenvalue weighted by Crippen LogP contribution is 2.31. The molecule has 94 valence electrons. The summed E-state index contributed by atoms with van der Waals surface area (Å²) in [4.78, 5) is 2.62. The fourth-order valence-corrected chi connectivity index (χ4v) is 2.84. The van der Waals surface area contributed by atoms with Crippen molar-refractivity contribution in [2.75, 3.05) is 6.54 Å². The summed E-state index contributed by atoms with van der Waals surface area (Å²) in [5, 5.41) is 0. The molecule has 2 rings (SSSR count). The zero-order valence-corrected chi connectivity index (χ0v) is 11.8. The molecule has 2 aromatic carbocycles. The molecule has 1 nitrogen and oxygen atoms in total. The van der Waals surface area contributed by atoms with E-state index in [1.807, 2.05) is 11.8 Å². The number of rotatable bonds is 4. The normalized spacial score (nSPS) is 10.6. The first-order valence-corrected chi connectivity index (χ1v) is 7.05. The Morgan fingerprint density at radius 2 is 1.72 bits per heavy atom. The monoisotopic (exact) mass is 257 g/mol. The second kappa shape index (κ2) is 6.07. The predicted octanol–water partition coefficient (Wildman–Crippen LogP) is 3.96. The largest absolute Gasteiger partial charge is 0.330 e. The van der Waals surface area contributed by atoms with Crippen LogP contribution in [-0.2, 0) is 6.42 Å². The van der Waals surface area contributed by atoms with Gasteiger partial charge in [-0.15, -0.1) is 0 Å². The van der Waals surface area contributed by atoms with Gasteiger partial charge in [0.25, 0.3) is 0 Å². The van der Waals surface area contributed by atoms with Crippen molar-refractivity contribution < 1.29 is 0 Å². The van der Waals surface area contributed by atoms with Gasteiger partial charge in [0, 0.05) is 9.79 Å². The third-order valence-corrected chi connectivity index (χ3v) is 4.10. The fraction of sp³-hybridized carbons (Fsp3) is 0.250. The Balaban J connectivity index is 2.15. The molecule has 0 aliphatic heterocycles. The molecule has 0 amide bonds. The van der Waals surface area contributed by atoms with Crippen LogP contribution in [0.5, 0.6) is 0 Å². The number of benzene rings is 2. The summed E-state index contributed by atoms with van der Waals surface area (Å²) in [5.41, 5.74) is 9.50. The van der Waals surface area contributed by atoms with Crippen LogP contribution in [0, 0.1) is 13.8 Å². The van der Waals surface area contributed by atoms with E-state index < -0.39 is 0 Å². The van der Waals surface area contributed by atoms with Gasteiger partial charge in [0.15, 0.2) is 0 Å². The van der Waals surface area contributed by atoms with Gasteiger partial charge in [-0.3, -0.25) is 0 Å². The van der Waals surface area contributed by atoms with Crippen LogP contribution in [-0.4, -0.2) is 6.54 Å². The van der Waals surface area contributed by atoms with E-state index in [-0.39, 0.29) is 0 Å². The summed E-state index contributed by atoms with van der Waals surface area (Å²) in [6.07, 6.45) is 0.953. The predicted molar refractivity (Wildman–Crippen MR) is 79.2 cm³/mol. The van der Waals surface area contributed by atoms with Gasteiger partial charge in [0.2, 0.25) is 0 Å². The van der Waals surface area contributed by atoms with Gasteiger partial charge in [-0.25, -0.2) is 0 Å². The minimum atomic E-state index is 0.712. The van der Waals surface area contributed by atoms with Gasteiger partial charge >= 0.3 is 0 Å². The van der Waals surface area contributed by atoms with E-state index in [0.29, 0.717) is 6.54 Å². The van der Waals surface area contributed by atoms with Crippen molar-refractivity contribution in [3.63, 3.8) is 0 Å². The van der Waals surface area contributed by atoms with Crippen LogP contribution < -0.4 is 5.73 Å². The fourth-order valence-electron chi connectivity index (χ4n) is 1.84. The van der Waals surface area contributed by atoms with E-state index in [1.165, 1.54) is 26.5 Å². The summed E-state index contributed by atoms with van der Waals surface area (Å²) in [6.45, 7) is 5.00. The first-order valence-electron chi connectivity index (χ1n) is 6.23. The van der Waals surface area contributed by atoms with Crippen molar-refractivity contribution >= 4 is 11.8 Å². The van der Waals surface area contributed by atoms with Gasteiger partial charge < -0.3 is 5.73 Å². The van der Waals surface area contributed by atoms with Crippen molar-refractivity contribution in [2.45, 2.75) is 30.1 Å². The van der Waals surface area contributed by atoms with Crippen LogP contribution in [0.2, 0.25) is 0 Å². The second-order valence-electron chi connectivity index (χ2n) is 4.55. The summed E-state index contributed by atoms with van der Waals surface area (Å²) < 4.78 is 0. The lowest BCUT2D eigenvalue weighted by atomic mass is 10.2. The highest BCUT2D eigenvalue weighted by atomic mass is 32.2. The van der Waals surface area contributed by atoms with E-state index in [9.17, 15) is 0 Å². The molecule has 2 aromatic rings. The zero-order chi connectivity index (χ0) is 13.0. The Morgan fingerprint density at radius 3 is 2.39 bits per heavy atom. The molecule has 0 spiro atoms. The zero-order valence-electron chi connectivity index (χ0n) is 10.9. The van der Waals surface area contributed by atoms with Crippen LogP contribution in [0.25, 0.3) is 0 Å². The smallest absolute Gasteiger partial charge is 0.0154 e. The molecule has 0 bridgehead atoms. The topological polar surface area (TPSA) is 26.0 Å². The summed E-state index contributed by atoms with van der Waals surface area (Å²) in [5.74, 6) is 0. The van der Waals surface area contributed by atoms with Crippen molar-refractivity contribution in [3.8, 4) is 0 Å². The molecule has 0 radical (unpaired) electrons. The quantitative estimate of drug-likeness (QED) is 0.897. The van der Waals surface area contributed by atoms with Crippen LogP contribution in [0.15, 0.2) is 52.3 Å².